The van der Waals surface area contributed by atoms with Crippen LogP contribution in [0.4, 0.5) is 0 Å². The first-order chi connectivity index (χ1) is 7.76. The number of aromatic nitrogens is 2. The number of rotatable bonds is 4. The zero-order chi connectivity index (χ0) is 11.5. The van der Waals surface area contributed by atoms with Crippen molar-refractivity contribution in [2.45, 2.75) is 19.9 Å². The third-order valence-corrected chi connectivity index (χ3v) is 3.22. The molecule has 0 saturated heterocycles. The highest BCUT2D eigenvalue weighted by Gasteiger charge is 2.13. The van der Waals surface area contributed by atoms with E-state index in [1.54, 1.807) is 22.9 Å². The van der Waals surface area contributed by atoms with Gasteiger partial charge in [-0.3, -0.25) is 4.57 Å². The van der Waals surface area contributed by atoms with Crippen molar-refractivity contribution in [2.24, 2.45) is 5.92 Å². The van der Waals surface area contributed by atoms with Crippen molar-refractivity contribution < 1.29 is 4.42 Å². The molecule has 5 heteroatoms. The molecule has 0 radical (unpaired) electrons. The first kappa shape index (κ1) is 11.3. The number of oxazole rings is 1. The minimum absolute atomic E-state index is 0.339. The van der Waals surface area contributed by atoms with Crippen LogP contribution in [0.1, 0.15) is 13.3 Å². The van der Waals surface area contributed by atoms with E-state index in [2.05, 4.69) is 24.5 Å². The Hall–Kier alpha value is -1.23. The lowest BCUT2D eigenvalue weighted by Gasteiger charge is -2.10. The number of hydrogen-bond donors (Lipinski definition) is 1. The zero-order valence-electron chi connectivity index (χ0n) is 9.09. The van der Waals surface area contributed by atoms with Crippen LogP contribution in [0.3, 0.4) is 0 Å². The molecule has 0 saturated carbocycles. The predicted octanol–water partition coefficient (Wildman–Crippen LogP) is 1.95. The molecule has 0 aliphatic carbocycles. The molecule has 2 heterocycles. The van der Waals surface area contributed by atoms with Gasteiger partial charge >= 0.3 is 5.76 Å². The quantitative estimate of drug-likeness (QED) is 0.828. The van der Waals surface area contributed by atoms with Crippen molar-refractivity contribution in [1.82, 2.24) is 9.55 Å². The Labute approximate surface area is 98.7 Å². The summed E-state index contributed by atoms with van der Waals surface area (Å²) < 4.78 is 6.69. The summed E-state index contributed by atoms with van der Waals surface area (Å²) in [5, 5.41) is 0. The summed E-state index contributed by atoms with van der Waals surface area (Å²) in [6.07, 6.45) is 2.64. The standard InChI is InChI=1S/C11H14N2O2S/c1-2-8(7-16)6-13-10-9(15-11(13)14)4-3-5-12-10/h3-5,8,16H,2,6-7H2,1H3. The van der Waals surface area contributed by atoms with Crippen LogP contribution >= 0.6 is 12.6 Å². The molecule has 0 N–H and O–H groups in total. The SMILES string of the molecule is CCC(CS)Cn1c(=O)oc2cccnc21. The van der Waals surface area contributed by atoms with Crippen LogP contribution in [0.15, 0.2) is 27.5 Å². The highest BCUT2D eigenvalue weighted by Crippen LogP contribution is 2.13. The molecule has 0 bridgehead atoms. The van der Waals surface area contributed by atoms with Gasteiger partial charge in [0.25, 0.3) is 0 Å². The van der Waals surface area contributed by atoms with Gasteiger partial charge in [-0.15, -0.1) is 0 Å². The van der Waals surface area contributed by atoms with Gasteiger partial charge in [0.15, 0.2) is 11.2 Å². The highest BCUT2D eigenvalue weighted by molar-refractivity contribution is 7.80. The molecular formula is C11H14N2O2S. The van der Waals surface area contributed by atoms with Gasteiger partial charge in [0.2, 0.25) is 0 Å². The first-order valence-electron chi connectivity index (χ1n) is 5.31. The first-order valence-corrected chi connectivity index (χ1v) is 5.94. The van der Waals surface area contributed by atoms with Crippen LogP contribution in [-0.2, 0) is 6.54 Å². The largest absolute Gasteiger partial charge is 0.421 e. The maximum absolute atomic E-state index is 11.6. The van der Waals surface area contributed by atoms with Crippen molar-refractivity contribution in [1.29, 1.82) is 0 Å². The van der Waals surface area contributed by atoms with Gasteiger partial charge in [-0.2, -0.15) is 12.6 Å². The van der Waals surface area contributed by atoms with E-state index in [1.165, 1.54) is 0 Å². The Balaban J connectivity index is 2.43. The molecular weight excluding hydrogens is 224 g/mol. The average Bonchev–Trinajstić information content (AvgIpc) is 2.62. The monoisotopic (exact) mass is 238 g/mol. The van der Waals surface area contributed by atoms with Gasteiger partial charge in [-0.25, -0.2) is 9.78 Å². The number of pyridine rings is 1. The molecule has 2 aromatic heterocycles. The molecule has 2 aromatic rings. The number of hydrogen-bond acceptors (Lipinski definition) is 4. The number of fused-ring (bicyclic) bond motifs is 1. The summed E-state index contributed by atoms with van der Waals surface area (Å²) >= 11 is 4.27. The molecule has 0 aliphatic rings. The smallest absolute Gasteiger partial charge is 0.406 e. The molecule has 86 valence electrons. The lowest BCUT2D eigenvalue weighted by Crippen LogP contribution is -2.21. The second-order valence-corrected chi connectivity index (χ2v) is 4.13. The summed E-state index contributed by atoms with van der Waals surface area (Å²) in [6, 6.07) is 3.51. The Kier molecular flexibility index (Phi) is 3.33. The van der Waals surface area contributed by atoms with E-state index in [9.17, 15) is 4.79 Å². The minimum Gasteiger partial charge on any atom is -0.406 e. The maximum atomic E-state index is 11.6. The van der Waals surface area contributed by atoms with Gasteiger partial charge in [0.1, 0.15) is 0 Å². The molecule has 0 spiro atoms. The molecule has 1 unspecified atom stereocenters. The summed E-state index contributed by atoms with van der Waals surface area (Å²) in [4.78, 5) is 15.8. The van der Waals surface area contributed by atoms with Crippen LogP contribution in [0.25, 0.3) is 11.2 Å². The van der Waals surface area contributed by atoms with Crippen LogP contribution in [0, 0.1) is 5.92 Å². The average molecular weight is 238 g/mol. The van der Waals surface area contributed by atoms with E-state index in [0.29, 0.717) is 23.7 Å². The maximum Gasteiger partial charge on any atom is 0.421 e. The fourth-order valence-corrected chi connectivity index (χ4v) is 2.01. The fraction of sp³-hybridized carbons (Fsp3) is 0.455. The Bertz CT molecular complexity index is 528. The van der Waals surface area contributed by atoms with E-state index in [4.69, 9.17) is 4.42 Å². The summed E-state index contributed by atoms with van der Waals surface area (Å²) in [7, 11) is 0. The summed E-state index contributed by atoms with van der Waals surface area (Å²) in [5.41, 5.74) is 1.16. The molecule has 1 atom stereocenters. The molecule has 0 aromatic carbocycles. The van der Waals surface area contributed by atoms with E-state index in [0.717, 1.165) is 12.2 Å². The van der Waals surface area contributed by atoms with Gasteiger partial charge in [-0.05, 0) is 23.8 Å². The van der Waals surface area contributed by atoms with Crippen LogP contribution in [0.2, 0.25) is 0 Å². The van der Waals surface area contributed by atoms with Gasteiger partial charge in [0, 0.05) is 12.7 Å². The topological polar surface area (TPSA) is 48.0 Å². The highest BCUT2D eigenvalue weighted by atomic mass is 32.1. The van der Waals surface area contributed by atoms with Crippen molar-refractivity contribution in [3.63, 3.8) is 0 Å². The molecule has 0 fully saturated rings. The number of nitrogens with zero attached hydrogens (tertiary/aromatic N) is 2. The Morgan fingerprint density at radius 3 is 3.12 bits per heavy atom. The van der Waals surface area contributed by atoms with Crippen molar-refractivity contribution in [2.75, 3.05) is 5.75 Å². The molecule has 2 rings (SSSR count). The van der Waals surface area contributed by atoms with Gasteiger partial charge in [-0.1, -0.05) is 13.3 Å². The zero-order valence-corrected chi connectivity index (χ0v) is 9.98. The second-order valence-electron chi connectivity index (χ2n) is 3.76. The van der Waals surface area contributed by atoms with E-state index in [-0.39, 0.29) is 5.76 Å². The van der Waals surface area contributed by atoms with Gasteiger partial charge < -0.3 is 4.42 Å². The van der Waals surface area contributed by atoms with Crippen molar-refractivity contribution in [3.8, 4) is 0 Å². The summed E-state index contributed by atoms with van der Waals surface area (Å²) in [5.74, 6) is 0.778. The lowest BCUT2D eigenvalue weighted by molar-refractivity contribution is 0.435. The normalized spacial score (nSPS) is 13.1. The fourth-order valence-electron chi connectivity index (χ4n) is 1.64. The molecule has 0 amide bonds. The van der Waals surface area contributed by atoms with Crippen molar-refractivity contribution in [3.05, 3.63) is 28.9 Å². The van der Waals surface area contributed by atoms with Gasteiger partial charge in [0.05, 0.1) is 0 Å². The number of thiol groups is 1. The Morgan fingerprint density at radius 1 is 1.62 bits per heavy atom. The minimum atomic E-state index is -0.339. The van der Waals surface area contributed by atoms with Crippen LogP contribution in [0.5, 0.6) is 0 Å². The van der Waals surface area contributed by atoms with Crippen molar-refractivity contribution >= 4 is 23.9 Å². The van der Waals surface area contributed by atoms with E-state index in [1.807, 2.05) is 0 Å². The Morgan fingerprint density at radius 2 is 2.44 bits per heavy atom. The van der Waals surface area contributed by atoms with Crippen LogP contribution in [-0.4, -0.2) is 15.3 Å². The molecule has 0 aliphatic heterocycles. The second kappa shape index (κ2) is 4.74. The molecule has 4 nitrogen and oxygen atoms in total. The van der Waals surface area contributed by atoms with Crippen LogP contribution < -0.4 is 5.76 Å². The van der Waals surface area contributed by atoms with E-state index < -0.39 is 0 Å². The molecule has 16 heavy (non-hydrogen) atoms. The van der Waals surface area contributed by atoms with E-state index >= 15 is 0 Å². The third kappa shape index (κ3) is 2.00. The third-order valence-electron chi connectivity index (χ3n) is 2.70. The lowest BCUT2D eigenvalue weighted by atomic mass is 10.1. The predicted molar refractivity (Wildman–Crippen MR) is 65.9 cm³/mol. The summed E-state index contributed by atoms with van der Waals surface area (Å²) in [6.45, 7) is 2.70.